The normalized spacial score (nSPS) is 22.6. The molecule has 1 heterocycles. The third kappa shape index (κ3) is 4.08. The Kier molecular flexibility index (Phi) is 4.22. The average molecular weight is 259 g/mol. The SMILES string of the molecule is O=S(=O)(O)CCCN1CCC2=C(CCCC2)C1. The van der Waals surface area contributed by atoms with Gasteiger partial charge in [0.25, 0.3) is 10.1 Å². The van der Waals surface area contributed by atoms with Crippen LogP contribution in [0, 0.1) is 0 Å². The van der Waals surface area contributed by atoms with Crippen molar-refractivity contribution in [2.75, 3.05) is 25.4 Å². The van der Waals surface area contributed by atoms with Crippen LogP contribution in [0.25, 0.3) is 0 Å². The Bertz CT molecular complexity index is 400. The lowest BCUT2D eigenvalue weighted by Crippen LogP contribution is -2.34. The van der Waals surface area contributed by atoms with Crippen molar-refractivity contribution in [1.82, 2.24) is 4.90 Å². The lowest BCUT2D eigenvalue weighted by Gasteiger charge is -2.33. The third-order valence-electron chi connectivity index (χ3n) is 3.73. The van der Waals surface area contributed by atoms with E-state index in [4.69, 9.17) is 4.55 Å². The summed E-state index contributed by atoms with van der Waals surface area (Å²) >= 11 is 0. The van der Waals surface area contributed by atoms with Gasteiger partial charge in [-0.2, -0.15) is 8.42 Å². The van der Waals surface area contributed by atoms with E-state index in [2.05, 4.69) is 4.90 Å². The molecule has 1 N–H and O–H groups in total. The zero-order valence-corrected chi connectivity index (χ0v) is 11.0. The van der Waals surface area contributed by atoms with Gasteiger partial charge in [0.15, 0.2) is 0 Å². The molecule has 2 rings (SSSR count). The monoisotopic (exact) mass is 259 g/mol. The number of hydrogen-bond donors (Lipinski definition) is 1. The Morgan fingerprint density at radius 3 is 2.53 bits per heavy atom. The molecule has 0 aromatic carbocycles. The maximum absolute atomic E-state index is 10.6. The van der Waals surface area contributed by atoms with Gasteiger partial charge in [-0.1, -0.05) is 11.1 Å². The molecule has 0 atom stereocenters. The van der Waals surface area contributed by atoms with Gasteiger partial charge < -0.3 is 0 Å². The third-order valence-corrected chi connectivity index (χ3v) is 4.53. The highest BCUT2D eigenvalue weighted by atomic mass is 32.2. The van der Waals surface area contributed by atoms with Gasteiger partial charge in [-0.15, -0.1) is 0 Å². The largest absolute Gasteiger partial charge is 0.299 e. The van der Waals surface area contributed by atoms with Crippen LogP contribution in [0.2, 0.25) is 0 Å². The Hall–Kier alpha value is -0.390. The zero-order valence-electron chi connectivity index (χ0n) is 10.2. The Labute approximate surface area is 103 Å². The molecule has 0 aromatic rings. The summed E-state index contributed by atoms with van der Waals surface area (Å²) in [7, 11) is -3.79. The Balaban J connectivity index is 1.79. The van der Waals surface area contributed by atoms with E-state index in [1.165, 1.54) is 25.7 Å². The molecule has 0 bridgehead atoms. The second kappa shape index (κ2) is 5.50. The van der Waals surface area contributed by atoms with Gasteiger partial charge in [0.05, 0.1) is 5.75 Å². The van der Waals surface area contributed by atoms with Crippen LogP contribution in [0.15, 0.2) is 11.1 Å². The van der Waals surface area contributed by atoms with Gasteiger partial charge in [0.2, 0.25) is 0 Å². The van der Waals surface area contributed by atoms with E-state index in [0.717, 1.165) is 26.1 Å². The molecule has 2 aliphatic rings. The van der Waals surface area contributed by atoms with E-state index in [1.54, 1.807) is 11.1 Å². The summed E-state index contributed by atoms with van der Waals surface area (Å²) in [5.74, 6) is -0.116. The average Bonchev–Trinajstić information content (AvgIpc) is 2.27. The minimum atomic E-state index is -3.79. The quantitative estimate of drug-likeness (QED) is 0.618. The van der Waals surface area contributed by atoms with E-state index in [1.807, 2.05) is 0 Å². The second-order valence-electron chi connectivity index (χ2n) is 5.08. The first kappa shape index (κ1) is 13.1. The topological polar surface area (TPSA) is 57.6 Å². The van der Waals surface area contributed by atoms with Crippen molar-refractivity contribution in [3.63, 3.8) is 0 Å². The molecule has 0 fully saturated rings. The van der Waals surface area contributed by atoms with Crippen molar-refractivity contribution in [2.45, 2.75) is 38.5 Å². The summed E-state index contributed by atoms with van der Waals surface area (Å²) in [5, 5.41) is 0. The van der Waals surface area contributed by atoms with Crippen LogP contribution < -0.4 is 0 Å². The van der Waals surface area contributed by atoms with E-state index < -0.39 is 10.1 Å². The first-order valence-corrected chi connectivity index (χ1v) is 8.03. The highest BCUT2D eigenvalue weighted by Gasteiger charge is 2.20. The molecule has 98 valence electrons. The highest BCUT2D eigenvalue weighted by Crippen LogP contribution is 2.30. The van der Waals surface area contributed by atoms with Crippen molar-refractivity contribution in [1.29, 1.82) is 0 Å². The summed E-state index contributed by atoms with van der Waals surface area (Å²) in [6.45, 7) is 2.84. The van der Waals surface area contributed by atoms with Gasteiger partial charge in [-0.3, -0.25) is 9.45 Å². The van der Waals surface area contributed by atoms with Gasteiger partial charge >= 0.3 is 0 Å². The summed E-state index contributed by atoms with van der Waals surface area (Å²) in [6, 6.07) is 0. The molecule has 0 radical (unpaired) electrons. The molecule has 1 aliphatic heterocycles. The molecule has 0 aromatic heterocycles. The second-order valence-corrected chi connectivity index (χ2v) is 6.65. The van der Waals surface area contributed by atoms with Crippen LogP contribution in [0.1, 0.15) is 38.5 Å². The number of nitrogens with zero attached hydrogens (tertiary/aromatic N) is 1. The van der Waals surface area contributed by atoms with E-state index in [-0.39, 0.29) is 5.75 Å². The number of hydrogen-bond acceptors (Lipinski definition) is 3. The first-order valence-electron chi connectivity index (χ1n) is 6.42. The standard InChI is InChI=1S/C12H21NO3S/c14-17(15,16)9-3-7-13-8-6-11-4-1-2-5-12(11)10-13/h1-10H2,(H,14,15,16). The fourth-order valence-corrected chi connectivity index (χ4v) is 3.32. The summed E-state index contributed by atoms with van der Waals surface area (Å²) < 4.78 is 29.9. The van der Waals surface area contributed by atoms with Crippen molar-refractivity contribution >= 4 is 10.1 Å². The highest BCUT2D eigenvalue weighted by molar-refractivity contribution is 7.85. The van der Waals surface area contributed by atoms with Crippen LogP contribution >= 0.6 is 0 Å². The molecule has 17 heavy (non-hydrogen) atoms. The smallest absolute Gasteiger partial charge is 0.264 e. The van der Waals surface area contributed by atoms with Gasteiger partial charge in [-0.25, -0.2) is 0 Å². The predicted molar refractivity (Wildman–Crippen MR) is 67.6 cm³/mol. The lowest BCUT2D eigenvalue weighted by molar-refractivity contribution is 0.274. The molecular formula is C12H21NO3S. The van der Waals surface area contributed by atoms with E-state index in [0.29, 0.717) is 6.42 Å². The van der Waals surface area contributed by atoms with Gasteiger partial charge in [0.1, 0.15) is 0 Å². The number of rotatable bonds is 4. The molecule has 0 saturated carbocycles. The summed E-state index contributed by atoms with van der Waals surface area (Å²) in [4.78, 5) is 2.31. The van der Waals surface area contributed by atoms with Crippen molar-refractivity contribution in [2.24, 2.45) is 0 Å². The molecule has 0 spiro atoms. The van der Waals surface area contributed by atoms with Crippen molar-refractivity contribution < 1.29 is 13.0 Å². The molecule has 4 nitrogen and oxygen atoms in total. The van der Waals surface area contributed by atoms with Crippen LogP contribution in [0.5, 0.6) is 0 Å². The van der Waals surface area contributed by atoms with Crippen molar-refractivity contribution in [3.05, 3.63) is 11.1 Å². The van der Waals surface area contributed by atoms with Gasteiger partial charge in [-0.05, 0) is 45.1 Å². The van der Waals surface area contributed by atoms with Crippen LogP contribution in [0.4, 0.5) is 0 Å². The summed E-state index contributed by atoms with van der Waals surface area (Å²) in [5.41, 5.74) is 3.25. The fraction of sp³-hybridized carbons (Fsp3) is 0.833. The van der Waals surface area contributed by atoms with Crippen LogP contribution in [0.3, 0.4) is 0 Å². The first-order chi connectivity index (χ1) is 8.04. The Morgan fingerprint density at radius 1 is 1.12 bits per heavy atom. The fourth-order valence-electron chi connectivity index (χ4n) is 2.83. The van der Waals surface area contributed by atoms with E-state index >= 15 is 0 Å². The minimum absolute atomic E-state index is 0.116. The molecule has 1 aliphatic carbocycles. The summed E-state index contributed by atoms with van der Waals surface area (Å²) in [6.07, 6.45) is 6.82. The zero-order chi connectivity index (χ0) is 12.3. The van der Waals surface area contributed by atoms with Crippen LogP contribution in [-0.2, 0) is 10.1 Å². The molecule has 0 saturated heterocycles. The van der Waals surface area contributed by atoms with Crippen molar-refractivity contribution in [3.8, 4) is 0 Å². The maximum atomic E-state index is 10.6. The van der Waals surface area contributed by atoms with Crippen LogP contribution in [-0.4, -0.2) is 43.3 Å². The molecule has 5 heteroatoms. The van der Waals surface area contributed by atoms with Gasteiger partial charge in [0, 0.05) is 13.1 Å². The lowest BCUT2D eigenvalue weighted by atomic mass is 9.87. The predicted octanol–water partition coefficient (Wildman–Crippen LogP) is 1.84. The molecule has 0 amide bonds. The minimum Gasteiger partial charge on any atom is -0.299 e. The van der Waals surface area contributed by atoms with E-state index in [9.17, 15) is 8.42 Å². The molecular weight excluding hydrogens is 238 g/mol. The molecule has 0 unspecified atom stereocenters. The maximum Gasteiger partial charge on any atom is 0.264 e. The Morgan fingerprint density at radius 2 is 1.82 bits per heavy atom.